The molecule has 1 heterocycles. The molecule has 2 rings (SSSR count). The van der Waals surface area contributed by atoms with Gasteiger partial charge in [-0.2, -0.15) is 0 Å². The normalized spacial score (nSPS) is 29.8. The molecule has 1 fully saturated rings. The van der Waals surface area contributed by atoms with Gasteiger partial charge in [-0.15, -0.1) is 6.58 Å². The predicted octanol–water partition coefficient (Wildman–Crippen LogP) is 1.13. The first-order valence-electron chi connectivity index (χ1n) is 5.53. The van der Waals surface area contributed by atoms with Gasteiger partial charge in [0.25, 0.3) is 0 Å². The molecule has 4 heteroatoms. The summed E-state index contributed by atoms with van der Waals surface area (Å²) in [5, 5.41) is 9.40. The van der Waals surface area contributed by atoms with E-state index in [1.807, 2.05) is 0 Å². The van der Waals surface area contributed by atoms with Crippen molar-refractivity contribution in [2.75, 3.05) is 0 Å². The van der Waals surface area contributed by atoms with Crippen LogP contribution < -0.4 is 0 Å². The largest absolute Gasteiger partial charge is 0.425 e. The molecule has 2 aliphatic rings. The van der Waals surface area contributed by atoms with Gasteiger partial charge < -0.3 is 9.84 Å². The van der Waals surface area contributed by atoms with E-state index in [1.165, 1.54) is 6.08 Å². The summed E-state index contributed by atoms with van der Waals surface area (Å²) in [4.78, 5) is 23.9. The fourth-order valence-corrected chi connectivity index (χ4v) is 2.02. The number of aliphatic hydroxyl groups is 1. The van der Waals surface area contributed by atoms with E-state index in [4.69, 9.17) is 4.74 Å². The van der Waals surface area contributed by atoms with E-state index < -0.39 is 18.0 Å². The first-order valence-corrected chi connectivity index (χ1v) is 5.53. The summed E-state index contributed by atoms with van der Waals surface area (Å²) in [7, 11) is 0. The van der Waals surface area contributed by atoms with Crippen molar-refractivity contribution in [3.8, 4) is 0 Å². The second-order valence-electron chi connectivity index (χ2n) is 4.31. The maximum atomic E-state index is 12.1. The number of carbonyl (C=O) groups is 2. The zero-order valence-corrected chi connectivity index (χ0v) is 9.55. The van der Waals surface area contributed by atoms with Crippen LogP contribution in [0.5, 0.6) is 0 Å². The fraction of sp³-hybridized carbons (Fsp3) is 0.385. The Bertz CT molecular complexity index is 444. The van der Waals surface area contributed by atoms with Crippen LogP contribution in [0.25, 0.3) is 0 Å². The highest BCUT2D eigenvalue weighted by molar-refractivity contribution is 6.13. The summed E-state index contributed by atoms with van der Waals surface area (Å²) in [6, 6.07) is 0. The molecule has 1 N–H and O–H groups in total. The summed E-state index contributed by atoms with van der Waals surface area (Å²) < 4.78 is 5.09. The standard InChI is InChI=1S/C13H14O4/c1-3-7(2)11-12(15)9-5-4-8(14)6-10(9)17-13(11)16/h3,5-8,11,14H,1,4H2,2H3. The highest BCUT2D eigenvalue weighted by Crippen LogP contribution is 2.33. The number of rotatable bonds is 2. The minimum Gasteiger partial charge on any atom is -0.425 e. The van der Waals surface area contributed by atoms with Crippen LogP contribution in [0.15, 0.2) is 36.1 Å². The molecule has 4 nitrogen and oxygen atoms in total. The van der Waals surface area contributed by atoms with Gasteiger partial charge in [-0.25, -0.2) is 0 Å². The Kier molecular flexibility index (Phi) is 2.98. The molecule has 0 saturated carbocycles. The van der Waals surface area contributed by atoms with Crippen molar-refractivity contribution in [2.45, 2.75) is 19.4 Å². The van der Waals surface area contributed by atoms with E-state index in [-0.39, 0.29) is 17.5 Å². The van der Waals surface area contributed by atoms with E-state index >= 15 is 0 Å². The van der Waals surface area contributed by atoms with Crippen molar-refractivity contribution in [3.63, 3.8) is 0 Å². The van der Waals surface area contributed by atoms with Crippen molar-refractivity contribution in [2.24, 2.45) is 11.8 Å². The molecule has 3 atom stereocenters. The molecule has 90 valence electrons. The molecule has 3 unspecified atom stereocenters. The predicted molar refractivity (Wildman–Crippen MR) is 60.7 cm³/mol. The van der Waals surface area contributed by atoms with Crippen LogP contribution in [0.4, 0.5) is 0 Å². The number of allylic oxidation sites excluding steroid dienone is 2. The second kappa shape index (κ2) is 4.30. The smallest absolute Gasteiger partial charge is 0.322 e. The van der Waals surface area contributed by atoms with Crippen molar-refractivity contribution < 1.29 is 19.4 Å². The molecule has 1 aliphatic carbocycles. The Labute approximate surface area is 99.3 Å². The molecule has 0 aromatic heterocycles. The minimum atomic E-state index is -0.814. The SMILES string of the molecule is C=CC(C)C1C(=O)OC2=CC(O)CC=C2C1=O. The summed E-state index contributed by atoms with van der Waals surface area (Å²) in [6.45, 7) is 5.34. The Morgan fingerprint density at radius 3 is 2.94 bits per heavy atom. The van der Waals surface area contributed by atoms with Crippen LogP contribution in [0.1, 0.15) is 13.3 Å². The van der Waals surface area contributed by atoms with Crippen molar-refractivity contribution >= 4 is 11.8 Å². The first-order chi connectivity index (χ1) is 8.04. The molecule has 1 aliphatic heterocycles. The Morgan fingerprint density at radius 2 is 2.29 bits per heavy atom. The van der Waals surface area contributed by atoms with E-state index in [1.54, 1.807) is 19.1 Å². The van der Waals surface area contributed by atoms with Gasteiger partial charge in [-0.1, -0.05) is 19.1 Å². The Balaban J connectivity index is 2.34. The average Bonchev–Trinajstić information content (AvgIpc) is 2.28. The van der Waals surface area contributed by atoms with Crippen LogP contribution in [0.2, 0.25) is 0 Å². The highest BCUT2D eigenvalue weighted by Gasteiger charge is 2.41. The maximum absolute atomic E-state index is 12.1. The van der Waals surface area contributed by atoms with Gasteiger partial charge in [0.1, 0.15) is 11.7 Å². The quantitative estimate of drug-likeness (QED) is 0.442. The third-order valence-electron chi connectivity index (χ3n) is 3.08. The van der Waals surface area contributed by atoms with Gasteiger partial charge in [-0.05, 0) is 18.4 Å². The van der Waals surface area contributed by atoms with Crippen molar-refractivity contribution in [1.82, 2.24) is 0 Å². The maximum Gasteiger partial charge on any atom is 0.322 e. The van der Waals surface area contributed by atoms with Gasteiger partial charge in [0, 0.05) is 0 Å². The van der Waals surface area contributed by atoms with Crippen molar-refractivity contribution in [1.29, 1.82) is 0 Å². The van der Waals surface area contributed by atoms with Crippen molar-refractivity contribution in [3.05, 3.63) is 36.1 Å². The highest BCUT2D eigenvalue weighted by atomic mass is 16.5. The van der Waals surface area contributed by atoms with E-state index in [9.17, 15) is 14.7 Å². The Hall–Kier alpha value is -1.68. The van der Waals surface area contributed by atoms with Gasteiger partial charge in [0.2, 0.25) is 0 Å². The summed E-state index contributed by atoms with van der Waals surface area (Å²) in [5.41, 5.74) is 0.397. The van der Waals surface area contributed by atoms with E-state index in [0.717, 1.165) is 0 Å². The number of carbonyl (C=O) groups excluding carboxylic acids is 2. The fourth-order valence-electron chi connectivity index (χ4n) is 2.02. The zero-order chi connectivity index (χ0) is 12.6. The van der Waals surface area contributed by atoms with Crippen LogP contribution in [-0.2, 0) is 14.3 Å². The number of fused-ring (bicyclic) bond motifs is 1. The topological polar surface area (TPSA) is 63.6 Å². The molecular formula is C13H14O4. The molecule has 0 amide bonds. The number of hydrogen-bond donors (Lipinski definition) is 1. The number of esters is 1. The lowest BCUT2D eigenvalue weighted by Crippen LogP contribution is -2.38. The number of ketones is 1. The number of ether oxygens (including phenoxy) is 1. The van der Waals surface area contributed by atoms with Crippen LogP contribution >= 0.6 is 0 Å². The lowest BCUT2D eigenvalue weighted by molar-refractivity contribution is -0.151. The summed E-state index contributed by atoms with van der Waals surface area (Å²) in [5.74, 6) is -1.70. The second-order valence-corrected chi connectivity index (χ2v) is 4.31. The van der Waals surface area contributed by atoms with E-state index in [0.29, 0.717) is 12.0 Å². The van der Waals surface area contributed by atoms with Crippen LogP contribution in [-0.4, -0.2) is 23.0 Å². The number of Topliss-reactive ketones (excluding diaryl/α,β-unsaturated/α-hetero) is 1. The van der Waals surface area contributed by atoms with Gasteiger partial charge in [0.15, 0.2) is 5.78 Å². The molecular weight excluding hydrogens is 220 g/mol. The molecule has 0 radical (unpaired) electrons. The average molecular weight is 234 g/mol. The van der Waals surface area contributed by atoms with E-state index in [2.05, 4.69) is 6.58 Å². The first kappa shape index (κ1) is 11.8. The Morgan fingerprint density at radius 1 is 1.59 bits per heavy atom. The summed E-state index contributed by atoms with van der Waals surface area (Å²) in [6.07, 6.45) is 4.27. The van der Waals surface area contributed by atoms with Crippen LogP contribution in [0.3, 0.4) is 0 Å². The number of hydrogen-bond acceptors (Lipinski definition) is 4. The van der Waals surface area contributed by atoms with Gasteiger partial charge >= 0.3 is 5.97 Å². The third-order valence-corrected chi connectivity index (χ3v) is 3.08. The van der Waals surface area contributed by atoms with Gasteiger partial charge in [-0.3, -0.25) is 9.59 Å². The number of aliphatic hydroxyl groups excluding tert-OH is 1. The molecule has 0 aromatic carbocycles. The lowest BCUT2D eigenvalue weighted by atomic mass is 9.82. The molecule has 17 heavy (non-hydrogen) atoms. The molecule has 0 aromatic rings. The van der Waals surface area contributed by atoms with Gasteiger partial charge in [0.05, 0.1) is 11.7 Å². The van der Waals surface area contributed by atoms with Crippen LogP contribution in [0, 0.1) is 11.8 Å². The molecule has 0 spiro atoms. The monoisotopic (exact) mass is 234 g/mol. The zero-order valence-electron chi connectivity index (χ0n) is 9.55. The molecule has 0 bridgehead atoms. The minimum absolute atomic E-state index is 0.186. The third kappa shape index (κ3) is 1.96. The summed E-state index contributed by atoms with van der Waals surface area (Å²) >= 11 is 0. The lowest BCUT2D eigenvalue weighted by Gasteiger charge is -2.28. The molecule has 1 saturated heterocycles.